The molecule has 102 valence electrons. The topological polar surface area (TPSA) is 12.0 Å². The fourth-order valence-corrected chi connectivity index (χ4v) is 2.11. The second kappa shape index (κ2) is 6.58. The Morgan fingerprint density at radius 2 is 1.72 bits per heavy atom. The molecule has 1 aromatic carbocycles. The molecule has 0 amide bonds. The van der Waals surface area contributed by atoms with Crippen LogP contribution in [-0.4, -0.2) is 13.1 Å². The van der Waals surface area contributed by atoms with Crippen molar-refractivity contribution in [2.45, 2.75) is 46.6 Å². The molecule has 0 saturated heterocycles. The summed E-state index contributed by atoms with van der Waals surface area (Å²) < 4.78 is 0. The van der Waals surface area contributed by atoms with E-state index in [-0.39, 0.29) is 0 Å². The van der Waals surface area contributed by atoms with Crippen LogP contribution in [0.3, 0.4) is 0 Å². The average molecular weight is 268 g/mol. The Balaban J connectivity index is 2.59. The van der Waals surface area contributed by atoms with Gasteiger partial charge in [-0.2, -0.15) is 0 Å². The molecule has 0 fully saturated rings. The van der Waals surface area contributed by atoms with Crippen LogP contribution in [0.1, 0.15) is 39.7 Å². The van der Waals surface area contributed by atoms with Crippen LogP contribution >= 0.6 is 11.6 Å². The Hall–Kier alpha value is -0.530. The number of benzene rings is 1. The molecule has 1 N–H and O–H groups in total. The number of likely N-dealkylation sites (N-methyl/N-ethyl adjacent to an activating group) is 1. The molecular formula is C16H26ClN. The second-order valence-corrected chi connectivity index (χ2v) is 6.76. The lowest BCUT2D eigenvalue weighted by Gasteiger charge is -2.30. The van der Waals surface area contributed by atoms with E-state index in [1.807, 2.05) is 12.1 Å². The Morgan fingerprint density at radius 1 is 1.17 bits per heavy atom. The van der Waals surface area contributed by atoms with Crippen molar-refractivity contribution in [3.63, 3.8) is 0 Å². The van der Waals surface area contributed by atoms with E-state index in [9.17, 15) is 0 Å². The summed E-state index contributed by atoms with van der Waals surface area (Å²) >= 11 is 5.91. The maximum absolute atomic E-state index is 5.91. The Bertz CT molecular complexity index is 350. The van der Waals surface area contributed by atoms with Crippen molar-refractivity contribution in [3.8, 4) is 0 Å². The van der Waals surface area contributed by atoms with Crippen molar-refractivity contribution in [1.82, 2.24) is 5.32 Å². The van der Waals surface area contributed by atoms with Crippen molar-refractivity contribution in [1.29, 1.82) is 0 Å². The number of halogens is 1. The van der Waals surface area contributed by atoms with Gasteiger partial charge in [0.25, 0.3) is 0 Å². The summed E-state index contributed by atoms with van der Waals surface area (Å²) in [5, 5.41) is 4.24. The van der Waals surface area contributed by atoms with Gasteiger partial charge in [-0.3, -0.25) is 0 Å². The molecule has 2 unspecified atom stereocenters. The summed E-state index contributed by atoms with van der Waals surface area (Å²) in [7, 11) is 2.05. The van der Waals surface area contributed by atoms with Gasteiger partial charge in [-0.1, -0.05) is 51.4 Å². The molecule has 0 saturated carbocycles. The van der Waals surface area contributed by atoms with Crippen molar-refractivity contribution >= 4 is 11.6 Å². The van der Waals surface area contributed by atoms with Gasteiger partial charge in [0.05, 0.1) is 0 Å². The summed E-state index contributed by atoms with van der Waals surface area (Å²) in [5.41, 5.74) is 1.72. The van der Waals surface area contributed by atoms with E-state index in [2.05, 4.69) is 52.2 Å². The highest BCUT2D eigenvalue weighted by molar-refractivity contribution is 6.30. The molecule has 18 heavy (non-hydrogen) atoms. The van der Waals surface area contributed by atoms with Crippen LogP contribution in [0.25, 0.3) is 0 Å². The molecule has 0 aliphatic heterocycles. The highest BCUT2D eigenvalue weighted by Crippen LogP contribution is 2.29. The zero-order chi connectivity index (χ0) is 13.8. The first-order valence-electron chi connectivity index (χ1n) is 6.74. The van der Waals surface area contributed by atoms with Crippen LogP contribution in [-0.2, 0) is 6.42 Å². The van der Waals surface area contributed by atoms with Gasteiger partial charge in [0, 0.05) is 11.1 Å². The standard InChI is InChI=1S/C16H26ClN/c1-12(16(2,3)4)10-15(18-5)11-13-6-8-14(17)9-7-13/h6-9,12,15,18H,10-11H2,1-5H3. The summed E-state index contributed by atoms with van der Waals surface area (Å²) in [4.78, 5) is 0. The third-order valence-electron chi connectivity index (χ3n) is 3.92. The van der Waals surface area contributed by atoms with Gasteiger partial charge < -0.3 is 5.32 Å². The number of hydrogen-bond donors (Lipinski definition) is 1. The highest BCUT2D eigenvalue weighted by Gasteiger charge is 2.23. The van der Waals surface area contributed by atoms with E-state index in [1.54, 1.807) is 0 Å². The van der Waals surface area contributed by atoms with E-state index in [0.717, 1.165) is 11.4 Å². The summed E-state index contributed by atoms with van der Waals surface area (Å²) in [6.07, 6.45) is 2.26. The monoisotopic (exact) mass is 267 g/mol. The Labute approximate surface area is 117 Å². The normalized spacial score (nSPS) is 15.4. The fraction of sp³-hybridized carbons (Fsp3) is 0.625. The van der Waals surface area contributed by atoms with Crippen LogP contribution in [0.2, 0.25) is 5.02 Å². The van der Waals surface area contributed by atoms with Crippen LogP contribution in [0.4, 0.5) is 0 Å². The van der Waals surface area contributed by atoms with Gasteiger partial charge >= 0.3 is 0 Å². The zero-order valence-corrected chi connectivity index (χ0v) is 13.0. The quantitative estimate of drug-likeness (QED) is 0.826. The van der Waals surface area contributed by atoms with E-state index < -0.39 is 0 Å². The number of rotatable bonds is 5. The van der Waals surface area contributed by atoms with E-state index in [0.29, 0.717) is 17.4 Å². The average Bonchev–Trinajstić information content (AvgIpc) is 2.29. The second-order valence-electron chi connectivity index (χ2n) is 6.32. The highest BCUT2D eigenvalue weighted by atomic mass is 35.5. The zero-order valence-electron chi connectivity index (χ0n) is 12.3. The lowest BCUT2D eigenvalue weighted by molar-refractivity contribution is 0.225. The maximum Gasteiger partial charge on any atom is 0.0406 e. The van der Waals surface area contributed by atoms with Gasteiger partial charge in [0.15, 0.2) is 0 Å². The third kappa shape index (κ3) is 4.99. The predicted molar refractivity (Wildman–Crippen MR) is 81.2 cm³/mol. The number of hydrogen-bond acceptors (Lipinski definition) is 1. The van der Waals surface area contributed by atoms with Crippen LogP contribution in [0.15, 0.2) is 24.3 Å². The van der Waals surface area contributed by atoms with Gasteiger partial charge in [-0.05, 0) is 48.9 Å². The molecule has 1 rings (SSSR count). The smallest absolute Gasteiger partial charge is 0.0406 e. The van der Waals surface area contributed by atoms with Crippen molar-refractivity contribution in [2.24, 2.45) is 11.3 Å². The maximum atomic E-state index is 5.91. The summed E-state index contributed by atoms with van der Waals surface area (Å²) in [5.74, 6) is 0.697. The minimum atomic E-state index is 0.370. The molecule has 0 bridgehead atoms. The van der Waals surface area contributed by atoms with Crippen LogP contribution in [0.5, 0.6) is 0 Å². The molecule has 2 atom stereocenters. The fourth-order valence-electron chi connectivity index (χ4n) is 1.99. The van der Waals surface area contributed by atoms with Crippen molar-refractivity contribution < 1.29 is 0 Å². The molecule has 0 radical (unpaired) electrons. The molecule has 0 aliphatic rings. The van der Waals surface area contributed by atoms with Gasteiger partial charge in [-0.15, -0.1) is 0 Å². The summed E-state index contributed by atoms with van der Waals surface area (Å²) in [6, 6.07) is 8.71. The van der Waals surface area contributed by atoms with Gasteiger partial charge in [0.2, 0.25) is 0 Å². The predicted octanol–water partition coefficient (Wildman–Crippen LogP) is 4.54. The van der Waals surface area contributed by atoms with Crippen molar-refractivity contribution in [3.05, 3.63) is 34.9 Å². The molecular weight excluding hydrogens is 242 g/mol. The Kier molecular flexibility index (Phi) is 5.68. The SMILES string of the molecule is CNC(Cc1ccc(Cl)cc1)CC(C)C(C)(C)C. The lowest BCUT2D eigenvalue weighted by atomic mass is 9.78. The largest absolute Gasteiger partial charge is 0.317 e. The first-order valence-corrected chi connectivity index (χ1v) is 7.12. The van der Waals surface area contributed by atoms with Gasteiger partial charge in [0.1, 0.15) is 0 Å². The molecule has 1 aromatic rings. The third-order valence-corrected chi connectivity index (χ3v) is 4.17. The molecule has 0 spiro atoms. The van der Waals surface area contributed by atoms with E-state index in [4.69, 9.17) is 11.6 Å². The van der Waals surface area contributed by atoms with Crippen LogP contribution in [0, 0.1) is 11.3 Å². The first-order chi connectivity index (χ1) is 8.32. The van der Waals surface area contributed by atoms with Crippen molar-refractivity contribution in [2.75, 3.05) is 7.05 Å². The molecule has 0 heterocycles. The molecule has 2 heteroatoms. The molecule has 0 aliphatic carbocycles. The van der Waals surface area contributed by atoms with Crippen LogP contribution < -0.4 is 5.32 Å². The molecule has 1 nitrogen and oxygen atoms in total. The lowest BCUT2D eigenvalue weighted by Crippen LogP contribution is -2.33. The number of nitrogens with one attached hydrogen (secondary N) is 1. The summed E-state index contributed by atoms with van der Waals surface area (Å²) in [6.45, 7) is 9.28. The first kappa shape index (κ1) is 15.5. The van der Waals surface area contributed by atoms with E-state index in [1.165, 1.54) is 12.0 Å². The minimum Gasteiger partial charge on any atom is -0.317 e. The van der Waals surface area contributed by atoms with E-state index >= 15 is 0 Å². The Morgan fingerprint density at radius 3 is 2.17 bits per heavy atom. The molecule has 0 aromatic heterocycles. The van der Waals surface area contributed by atoms with Gasteiger partial charge in [-0.25, -0.2) is 0 Å². The minimum absolute atomic E-state index is 0.370.